The molecule has 0 fully saturated rings. The summed E-state index contributed by atoms with van der Waals surface area (Å²) >= 11 is 1.51. The molecule has 3 nitrogen and oxygen atoms in total. The highest BCUT2D eigenvalue weighted by Gasteiger charge is 1.99. The van der Waals surface area contributed by atoms with E-state index in [4.69, 9.17) is 10.4 Å². The van der Waals surface area contributed by atoms with Crippen molar-refractivity contribution in [2.24, 2.45) is 0 Å². The number of aliphatic hydroxyl groups excluding tert-OH is 1. The predicted octanol–water partition coefficient (Wildman–Crippen LogP) is 2.40. The lowest BCUT2D eigenvalue weighted by molar-refractivity contribution is 0.281. The van der Waals surface area contributed by atoms with Gasteiger partial charge in [0, 0.05) is 18.0 Å². The van der Waals surface area contributed by atoms with Gasteiger partial charge in [-0.15, -0.1) is 11.3 Å². The molecule has 2 rings (SSSR count). The molecule has 4 heteroatoms. The van der Waals surface area contributed by atoms with Gasteiger partial charge in [0.1, 0.15) is 10.9 Å². The molecule has 18 heavy (non-hydrogen) atoms. The van der Waals surface area contributed by atoms with Crippen molar-refractivity contribution in [2.45, 2.75) is 19.7 Å². The number of rotatable bonds is 5. The van der Waals surface area contributed by atoms with Crippen LogP contribution < -0.4 is 5.32 Å². The van der Waals surface area contributed by atoms with Crippen molar-refractivity contribution in [2.75, 3.05) is 0 Å². The van der Waals surface area contributed by atoms with Crippen LogP contribution in [-0.2, 0) is 19.7 Å². The summed E-state index contributed by atoms with van der Waals surface area (Å²) in [4.78, 5) is 1.90. The number of hydrogen-bond acceptors (Lipinski definition) is 4. The summed E-state index contributed by atoms with van der Waals surface area (Å²) in [6.07, 6.45) is 0. The molecule has 0 bridgehead atoms. The molecule has 0 spiro atoms. The van der Waals surface area contributed by atoms with E-state index in [1.54, 1.807) is 0 Å². The number of hydrogen-bond donors (Lipinski definition) is 2. The summed E-state index contributed by atoms with van der Waals surface area (Å²) in [7, 11) is 0. The molecule has 1 heterocycles. The standard InChI is InChI=1S/C14H14N2OS/c15-7-13-4-5-14(18-13)9-16-8-11-2-1-3-12(6-11)10-17/h1-6,16-17H,8-10H2. The van der Waals surface area contributed by atoms with Gasteiger partial charge in [0.2, 0.25) is 0 Å². The van der Waals surface area contributed by atoms with Gasteiger partial charge in [-0.25, -0.2) is 0 Å². The maximum atomic E-state index is 9.05. The molecule has 0 amide bonds. The maximum Gasteiger partial charge on any atom is 0.110 e. The second-order valence-electron chi connectivity index (χ2n) is 3.96. The van der Waals surface area contributed by atoms with Gasteiger partial charge in [-0.3, -0.25) is 0 Å². The van der Waals surface area contributed by atoms with E-state index >= 15 is 0 Å². The molecule has 0 aliphatic carbocycles. The third kappa shape index (κ3) is 3.41. The normalized spacial score (nSPS) is 10.2. The zero-order valence-electron chi connectivity index (χ0n) is 9.89. The van der Waals surface area contributed by atoms with Gasteiger partial charge in [0.15, 0.2) is 0 Å². The first kappa shape index (κ1) is 12.8. The lowest BCUT2D eigenvalue weighted by atomic mass is 10.1. The lowest BCUT2D eigenvalue weighted by Gasteiger charge is -2.05. The summed E-state index contributed by atoms with van der Waals surface area (Å²) < 4.78 is 0. The molecule has 92 valence electrons. The Hall–Kier alpha value is -1.67. The number of thiophene rings is 1. The molecule has 0 saturated carbocycles. The first-order valence-electron chi connectivity index (χ1n) is 5.70. The first-order valence-corrected chi connectivity index (χ1v) is 6.51. The van der Waals surface area contributed by atoms with E-state index < -0.39 is 0 Å². The van der Waals surface area contributed by atoms with E-state index in [0.717, 1.165) is 34.0 Å². The minimum absolute atomic E-state index is 0.0737. The molecule has 1 aromatic heterocycles. The summed E-state index contributed by atoms with van der Waals surface area (Å²) in [5.74, 6) is 0. The van der Waals surface area contributed by atoms with Crippen LogP contribution in [0.5, 0.6) is 0 Å². The van der Waals surface area contributed by atoms with Crippen LogP contribution in [0.1, 0.15) is 20.9 Å². The van der Waals surface area contributed by atoms with E-state index in [0.29, 0.717) is 0 Å². The Labute approximate surface area is 110 Å². The van der Waals surface area contributed by atoms with E-state index in [1.165, 1.54) is 11.3 Å². The Morgan fingerprint density at radius 2 is 2.00 bits per heavy atom. The molecule has 2 aromatic rings. The Kier molecular flexibility index (Phi) is 4.48. The van der Waals surface area contributed by atoms with Crippen LogP contribution in [0.25, 0.3) is 0 Å². The Bertz CT molecular complexity index is 557. The predicted molar refractivity (Wildman–Crippen MR) is 71.9 cm³/mol. The minimum atomic E-state index is 0.0737. The highest BCUT2D eigenvalue weighted by molar-refractivity contribution is 7.12. The Morgan fingerprint density at radius 1 is 1.17 bits per heavy atom. The summed E-state index contributed by atoms with van der Waals surface area (Å²) in [6, 6.07) is 13.8. The highest BCUT2D eigenvalue weighted by Crippen LogP contribution is 2.15. The zero-order chi connectivity index (χ0) is 12.8. The van der Waals surface area contributed by atoms with Crippen molar-refractivity contribution >= 4 is 11.3 Å². The number of benzene rings is 1. The molecule has 0 atom stereocenters. The van der Waals surface area contributed by atoms with Crippen LogP contribution in [0.3, 0.4) is 0 Å². The quantitative estimate of drug-likeness (QED) is 0.866. The molecular formula is C14H14N2OS. The highest BCUT2D eigenvalue weighted by atomic mass is 32.1. The largest absolute Gasteiger partial charge is 0.392 e. The van der Waals surface area contributed by atoms with Crippen molar-refractivity contribution in [1.82, 2.24) is 5.32 Å². The second-order valence-corrected chi connectivity index (χ2v) is 5.13. The molecule has 1 aromatic carbocycles. The van der Waals surface area contributed by atoms with Crippen LogP contribution in [0.4, 0.5) is 0 Å². The van der Waals surface area contributed by atoms with Crippen LogP contribution in [0, 0.1) is 11.3 Å². The number of nitriles is 1. The fourth-order valence-electron chi connectivity index (χ4n) is 1.70. The fourth-order valence-corrected chi connectivity index (χ4v) is 2.48. The van der Waals surface area contributed by atoms with Crippen LogP contribution in [-0.4, -0.2) is 5.11 Å². The molecule has 0 aliphatic rings. The third-order valence-corrected chi connectivity index (χ3v) is 3.56. The molecule has 0 aliphatic heterocycles. The van der Waals surface area contributed by atoms with Crippen molar-refractivity contribution in [3.8, 4) is 6.07 Å². The van der Waals surface area contributed by atoms with E-state index in [2.05, 4.69) is 11.4 Å². The van der Waals surface area contributed by atoms with E-state index in [9.17, 15) is 0 Å². The zero-order valence-corrected chi connectivity index (χ0v) is 10.7. The molecule has 0 unspecified atom stereocenters. The minimum Gasteiger partial charge on any atom is -0.392 e. The molecule has 0 saturated heterocycles. The number of nitrogens with zero attached hydrogens (tertiary/aromatic N) is 1. The summed E-state index contributed by atoms with van der Waals surface area (Å²) in [6.45, 7) is 1.59. The van der Waals surface area contributed by atoms with Crippen LogP contribution in [0.15, 0.2) is 36.4 Å². The molecule has 2 N–H and O–H groups in total. The smallest absolute Gasteiger partial charge is 0.110 e. The van der Waals surface area contributed by atoms with E-state index in [1.807, 2.05) is 36.4 Å². The fraction of sp³-hybridized carbons (Fsp3) is 0.214. The first-order chi connectivity index (χ1) is 8.81. The van der Waals surface area contributed by atoms with Crippen molar-refractivity contribution in [3.63, 3.8) is 0 Å². The monoisotopic (exact) mass is 258 g/mol. The summed E-state index contributed by atoms with van der Waals surface area (Å²) in [5.41, 5.74) is 2.08. The van der Waals surface area contributed by atoms with Gasteiger partial charge in [-0.1, -0.05) is 24.3 Å². The molecular weight excluding hydrogens is 244 g/mol. The van der Waals surface area contributed by atoms with Gasteiger partial charge >= 0.3 is 0 Å². The van der Waals surface area contributed by atoms with Crippen molar-refractivity contribution < 1.29 is 5.11 Å². The van der Waals surface area contributed by atoms with Crippen molar-refractivity contribution in [1.29, 1.82) is 5.26 Å². The van der Waals surface area contributed by atoms with Gasteiger partial charge < -0.3 is 10.4 Å². The number of aliphatic hydroxyl groups is 1. The topological polar surface area (TPSA) is 56.0 Å². The van der Waals surface area contributed by atoms with Gasteiger partial charge in [0.05, 0.1) is 6.61 Å². The second kappa shape index (κ2) is 6.31. The molecule has 0 radical (unpaired) electrons. The van der Waals surface area contributed by atoms with E-state index in [-0.39, 0.29) is 6.61 Å². The summed E-state index contributed by atoms with van der Waals surface area (Å²) in [5, 5.41) is 21.1. The maximum absolute atomic E-state index is 9.05. The SMILES string of the molecule is N#Cc1ccc(CNCc2cccc(CO)c2)s1. The lowest BCUT2D eigenvalue weighted by Crippen LogP contribution is -2.11. The van der Waals surface area contributed by atoms with Gasteiger partial charge in [-0.2, -0.15) is 5.26 Å². The average molecular weight is 258 g/mol. The Balaban J connectivity index is 1.86. The average Bonchev–Trinajstić information content (AvgIpc) is 2.87. The van der Waals surface area contributed by atoms with Gasteiger partial charge in [-0.05, 0) is 23.3 Å². The number of nitrogens with one attached hydrogen (secondary N) is 1. The van der Waals surface area contributed by atoms with Crippen LogP contribution >= 0.6 is 11.3 Å². The Morgan fingerprint density at radius 3 is 2.72 bits per heavy atom. The van der Waals surface area contributed by atoms with Gasteiger partial charge in [0.25, 0.3) is 0 Å². The van der Waals surface area contributed by atoms with Crippen molar-refractivity contribution in [3.05, 3.63) is 57.3 Å². The van der Waals surface area contributed by atoms with Crippen LogP contribution in [0.2, 0.25) is 0 Å². The third-order valence-electron chi connectivity index (χ3n) is 2.57.